The number of rotatable bonds is 17. The normalized spacial score (nSPS) is 10.9. The number of nitriles is 1. The van der Waals surface area contributed by atoms with Gasteiger partial charge in [-0.3, -0.25) is 0 Å². The van der Waals surface area contributed by atoms with E-state index in [4.69, 9.17) is 0 Å². The molecule has 0 amide bonds. The van der Waals surface area contributed by atoms with Crippen LogP contribution in [-0.4, -0.2) is 10.7 Å². The van der Waals surface area contributed by atoms with Gasteiger partial charge in [0.2, 0.25) is 0 Å². The molecule has 0 radical (unpaired) electrons. The Morgan fingerprint density at radius 3 is 1.79 bits per heavy atom. The van der Waals surface area contributed by atoms with Crippen LogP contribution in [0.15, 0.2) is 11.1 Å². The molecule has 1 heterocycles. The number of pyridine rings is 1. The fourth-order valence-electron chi connectivity index (χ4n) is 3.64. The minimum Gasteiger partial charge on any atom is -0.245 e. The number of thioether (sulfide) groups is 1. The topological polar surface area (TPSA) is 36.7 Å². The van der Waals surface area contributed by atoms with Crippen LogP contribution < -0.4 is 0 Å². The van der Waals surface area contributed by atoms with Crippen molar-refractivity contribution in [3.05, 3.63) is 22.9 Å². The molecule has 0 N–H and O–H groups in total. The molecule has 0 aliphatic heterocycles. The molecular weight excluding hydrogens is 360 g/mol. The first-order valence-electron chi connectivity index (χ1n) is 11.8. The van der Waals surface area contributed by atoms with E-state index in [0.29, 0.717) is 0 Å². The molecule has 0 unspecified atom stereocenters. The number of aromatic nitrogens is 1. The molecule has 1 rings (SSSR count). The maximum atomic E-state index is 9.35. The highest BCUT2D eigenvalue weighted by Gasteiger charge is 2.08. The van der Waals surface area contributed by atoms with Crippen LogP contribution in [-0.2, 0) is 6.42 Å². The van der Waals surface area contributed by atoms with Crippen molar-refractivity contribution in [3.8, 4) is 6.07 Å². The largest absolute Gasteiger partial charge is 0.245 e. The lowest BCUT2D eigenvalue weighted by molar-refractivity contribution is 0.538. The van der Waals surface area contributed by atoms with Crippen molar-refractivity contribution in [2.45, 2.75) is 122 Å². The minimum atomic E-state index is 0.748. The second-order valence-electron chi connectivity index (χ2n) is 8.00. The van der Waals surface area contributed by atoms with E-state index in [1.165, 1.54) is 95.5 Å². The van der Waals surface area contributed by atoms with Gasteiger partial charge in [0, 0.05) is 5.69 Å². The molecule has 28 heavy (non-hydrogen) atoms. The predicted molar refractivity (Wildman–Crippen MR) is 124 cm³/mol. The molecule has 0 saturated heterocycles. The first-order chi connectivity index (χ1) is 13.7. The average Bonchev–Trinajstić information content (AvgIpc) is 2.71. The molecule has 3 heteroatoms. The lowest BCUT2D eigenvalue weighted by Gasteiger charge is -2.08. The zero-order valence-corrected chi connectivity index (χ0v) is 19.5. The van der Waals surface area contributed by atoms with Crippen molar-refractivity contribution in [2.24, 2.45) is 0 Å². The van der Waals surface area contributed by atoms with Crippen molar-refractivity contribution < 1.29 is 0 Å². The van der Waals surface area contributed by atoms with Gasteiger partial charge in [0.05, 0.1) is 5.56 Å². The van der Waals surface area contributed by atoms with Gasteiger partial charge in [-0.1, -0.05) is 97.3 Å². The van der Waals surface area contributed by atoms with Crippen LogP contribution in [0, 0.1) is 18.3 Å². The Bertz CT molecular complexity index is 562. The summed E-state index contributed by atoms with van der Waals surface area (Å²) in [5, 5.41) is 10.3. The number of nitrogens with zero attached hydrogens (tertiary/aromatic N) is 2. The van der Waals surface area contributed by atoms with Crippen molar-refractivity contribution >= 4 is 11.8 Å². The Morgan fingerprint density at radius 2 is 1.32 bits per heavy atom. The average molecular weight is 403 g/mol. The van der Waals surface area contributed by atoms with E-state index in [9.17, 15) is 5.26 Å². The van der Waals surface area contributed by atoms with Crippen LogP contribution in [0.25, 0.3) is 0 Å². The van der Waals surface area contributed by atoms with Gasteiger partial charge in [0.1, 0.15) is 11.1 Å². The van der Waals surface area contributed by atoms with Crippen molar-refractivity contribution in [3.63, 3.8) is 0 Å². The van der Waals surface area contributed by atoms with E-state index in [1.807, 2.05) is 6.07 Å². The van der Waals surface area contributed by atoms with Gasteiger partial charge in [0.15, 0.2) is 0 Å². The van der Waals surface area contributed by atoms with Gasteiger partial charge in [-0.25, -0.2) is 4.98 Å². The monoisotopic (exact) mass is 402 g/mol. The van der Waals surface area contributed by atoms with Crippen molar-refractivity contribution in [1.29, 1.82) is 5.26 Å². The molecule has 0 aromatic carbocycles. The Labute approximate surface area is 178 Å². The second-order valence-corrected chi connectivity index (χ2v) is 9.08. The quantitative estimate of drug-likeness (QED) is 0.194. The van der Waals surface area contributed by atoms with E-state index in [2.05, 4.69) is 31.8 Å². The van der Waals surface area contributed by atoms with Gasteiger partial charge in [-0.2, -0.15) is 5.26 Å². The predicted octanol–water partition coefficient (Wildman–Crippen LogP) is 8.40. The third-order valence-corrected chi connectivity index (χ3v) is 6.60. The van der Waals surface area contributed by atoms with Crippen LogP contribution in [0.3, 0.4) is 0 Å². The van der Waals surface area contributed by atoms with Gasteiger partial charge < -0.3 is 0 Å². The van der Waals surface area contributed by atoms with E-state index in [-0.39, 0.29) is 0 Å². The van der Waals surface area contributed by atoms with Gasteiger partial charge in [0.25, 0.3) is 0 Å². The van der Waals surface area contributed by atoms with Crippen molar-refractivity contribution in [2.75, 3.05) is 5.75 Å². The Morgan fingerprint density at radius 1 is 0.821 bits per heavy atom. The molecule has 0 aliphatic rings. The summed E-state index contributed by atoms with van der Waals surface area (Å²) >= 11 is 1.76. The van der Waals surface area contributed by atoms with Crippen LogP contribution in [0.4, 0.5) is 0 Å². The zero-order valence-electron chi connectivity index (χ0n) is 18.7. The summed E-state index contributed by atoms with van der Waals surface area (Å²) in [7, 11) is 0. The van der Waals surface area contributed by atoms with E-state index in [1.54, 1.807) is 11.8 Å². The zero-order chi connectivity index (χ0) is 20.5. The standard InChI is InChI=1S/C25H42N2S/c1-4-6-7-8-9-10-11-12-13-14-15-16-17-18-19-28-25-24(21-26)20-23(5-2)22(3)27-25/h20H,4-19H2,1-3H3. The molecule has 1 aromatic heterocycles. The summed E-state index contributed by atoms with van der Waals surface area (Å²) in [6.45, 7) is 6.45. The van der Waals surface area contributed by atoms with Crippen LogP contribution in [0.2, 0.25) is 0 Å². The first-order valence-corrected chi connectivity index (χ1v) is 12.7. The van der Waals surface area contributed by atoms with Gasteiger partial charge >= 0.3 is 0 Å². The number of aryl methyl sites for hydroxylation is 2. The smallest absolute Gasteiger partial charge is 0.114 e. The van der Waals surface area contributed by atoms with E-state index >= 15 is 0 Å². The number of unbranched alkanes of at least 4 members (excludes halogenated alkanes) is 13. The highest BCUT2D eigenvalue weighted by molar-refractivity contribution is 7.99. The molecule has 0 saturated carbocycles. The van der Waals surface area contributed by atoms with Crippen LogP contribution >= 0.6 is 11.8 Å². The summed E-state index contributed by atoms with van der Waals surface area (Å²) in [6, 6.07) is 4.34. The number of hydrogen-bond donors (Lipinski definition) is 0. The highest BCUT2D eigenvalue weighted by atomic mass is 32.2. The molecule has 2 nitrogen and oxygen atoms in total. The van der Waals surface area contributed by atoms with Crippen LogP contribution in [0.5, 0.6) is 0 Å². The molecule has 0 aliphatic carbocycles. The maximum absolute atomic E-state index is 9.35. The fourth-order valence-corrected chi connectivity index (χ4v) is 4.64. The summed E-state index contributed by atoms with van der Waals surface area (Å²) in [5.74, 6) is 1.07. The molecule has 0 bridgehead atoms. The third kappa shape index (κ3) is 11.1. The first kappa shape index (κ1) is 25.0. The molecule has 0 atom stereocenters. The molecule has 158 valence electrons. The van der Waals surface area contributed by atoms with Gasteiger partial charge in [-0.05, 0) is 37.1 Å². The summed E-state index contributed by atoms with van der Waals surface area (Å²) in [6.07, 6.45) is 20.4. The SMILES string of the molecule is CCCCCCCCCCCCCCCCSc1nc(C)c(CC)cc1C#N. The fraction of sp³-hybridized carbons (Fsp3) is 0.760. The lowest BCUT2D eigenvalue weighted by atomic mass is 10.0. The molecule has 1 aromatic rings. The molecule has 0 spiro atoms. The maximum Gasteiger partial charge on any atom is 0.114 e. The molecule has 0 fully saturated rings. The number of hydrogen-bond acceptors (Lipinski definition) is 3. The highest BCUT2D eigenvalue weighted by Crippen LogP contribution is 2.24. The Balaban J connectivity index is 1.99. The van der Waals surface area contributed by atoms with E-state index < -0.39 is 0 Å². The Hall–Kier alpha value is -1.01. The van der Waals surface area contributed by atoms with Gasteiger partial charge in [-0.15, -0.1) is 11.8 Å². The minimum absolute atomic E-state index is 0.748. The summed E-state index contributed by atoms with van der Waals surface area (Å²) in [5.41, 5.74) is 3.01. The summed E-state index contributed by atoms with van der Waals surface area (Å²) in [4.78, 5) is 4.66. The second kappa shape index (κ2) is 16.9. The lowest BCUT2D eigenvalue weighted by Crippen LogP contribution is -1.97. The van der Waals surface area contributed by atoms with E-state index in [0.717, 1.165) is 28.5 Å². The summed E-state index contributed by atoms with van der Waals surface area (Å²) < 4.78 is 0. The third-order valence-electron chi connectivity index (χ3n) is 5.52. The van der Waals surface area contributed by atoms with Crippen LogP contribution in [0.1, 0.15) is 121 Å². The Kier molecular flexibility index (Phi) is 15.1. The van der Waals surface area contributed by atoms with Crippen molar-refractivity contribution in [1.82, 2.24) is 4.98 Å². The molecular formula is C25H42N2S.